The molecule has 1 saturated carbocycles. The quantitative estimate of drug-likeness (QED) is 0.110. The number of benzene rings is 3. The number of ketones is 1. The van der Waals surface area contributed by atoms with Crippen LogP contribution in [0.2, 0.25) is 0 Å². The molecule has 0 radical (unpaired) electrons. The molecule has 1 aliphatic heterocycles. The van der Waals surface area contributed by atoms with Crippen molar-refractivity contribution < 1.29 is 23.9 Å². The number of fused-ring (bicyclic) bond motifs is 2. The Bertz CT molecular complexity index is 1770. The van der Waals surface area contributed by atoms with Gasteiger partial charge in [-0.15, -0.1) is 0 Å². The zero-order valence-corrected chi connectivity index (χ0v) is 25.4. The average molecular weight is 608 g/mol. The molecule has 45 heavy (non-hydrogen) atoms. The van der Waals surface area contributed by atoms with Crippen LogP contribution in [0.4, 0.5) is 16.2 Å². The predicted molar refractivity (Wildman–Crippen MR) is 175 cm³/mol. The lowest BCUT2D eigenvalue weighted by molar-refractivity contribution is 0.0953. The van der Waals surface area contributed by atoms with Gasteiger partial charge in [-0.3, -0.25) is 9.59 Å². The van der Waals surface area contributed by atoms with Crippen molar-refractivity contribution >= 4 is 46.1 Å². The molecule has 0 atom stereocenters. The highest BCUT2D eigenvalue weighted by Gasteiger charge is 2.30. The molecular formula is C35H37N5O5. The van der Waals surface area contributed by atoms with Crippen LogP contribution in [0.25, 0.3) is 17.0 Å². The molecule has 1 aliphatic carbocycles. The summed E-state index contributed by atoms with van der Waals surface area (Å²) in [5.74, 6) is 1.38. The van der Waals surface area contributed by atoms with Crippen LogP contribution in [0.3, 0.4) is 0 Å². The fraction of sp³-hybridized carbons (Fsp3) is 0.286. The molecule has 2 aliphatic rings. The smallest absolute Gasteiger partial charge is 0.323 e. The van der Waals surface area contributed by atoms with Gasteiger partial charge < -0.3 is 35.7 Å². The van der Waals surface area contributed by atoms with E-state index in [0.717, 1.165) is 40.8 Å². The number of ether oxygens (including phenoxy) is 2. The number of hydrogen-bond donors (Lipinski definition) is 5. The third-order valence-electron chi connectivity index (χ3n) is 8.36. The molecule has 5 N–H and O–H groups in total. The molecule has 3 aromatic carbocycles. The Morgan fingerprint density at radius 1 is 0.956 bits per heavy atom. The van der Waals surface area contributed by atoms with Gasteiger partial charge in [0.15, 0.2) is 5.76 Å². The first-order valence-electron chi connectivity index (χ1n) is 15.3. The van der Waals surface area contributed by atoms with Crippen LogP contribution in [0.1, 0.15) is 70.0 Å². The maximum absolute atomic E-state index is 13.6. The van der Waals surface area contributed by atoms with Crippen LogP contribution in [0, 0.1) is 0 Å². The number of H-pyrrole nitrogens is 1. The van der Waals surface area contributed by atoms with E-state index in [9.17, 15) is 14.4 Å². The number of hydrogen-bond acceptors (Lipinski definition) is 6. The van der Waals surface area contributed by atoms with Crippen LogP contribution in [-0.4, -0.2) is 50.0 Å². The van der Waals surface area contributed by atoms with Gasteiger partial charge in [0.2, 0.25) is 5.78 Å². The number of aromatic nitrogens is 1. The van der Waals surface area contributed by atoms with Crippen LogP contribution in [-0.2, 0) is 0 Å². The molecular weight excluding hydrogens is 570 g/mol. The first kappa shape index (κ1) is 30.0. The van der Waals surface area contributed by atoms with Crippen molar-refractivity contribution in [3.05, 3.63) is 88.8 Å². The number of methoxy groups -OCH3 is 1. The summed E-state index contributed by atoms with van der Waals surface area (Å²) in [4.78, 5) is 42.2. The van der Waals surface area contributed by atoms with Gasteiger partial charge in [0, 0.05) is 52.2 Å². The molecule has 1 fully saturated rings. The molecule has 0 saturated heterocycles. The summed E-state index contributed by atoms with van der Waals surface area (Å²) in [7, 11) is 3.46. The molecule has 0 spiro atoms. The van der Waals surface area contributed by atoms with E-state index in [0.29, 0.717) is 47.3 Å². The van der Waals surface area contributed by atoms with Crippen molar-refractivity contribution in [1.82, 2.24) is 15.6 Å². The Kier molecular flexibility index (Phi) is 8.84. The third-order valence-corrected chi connectivity index (χ3v) is 8.36. The molecule has 2 heterocycles. The van der Waals surface area contributed by atoms with Crippen molar-refractivity contribution in [2.75, 3.05) is 37.9 Å². The monoisotopic (exact) mass is 607 g/mol. The molecule has 0 bridgehead atoms. The van der Waals surface area contributed by atoms with E-state index < -0.39 is 6.03 Å². The Morgan fingerprint density at radius 2 is 1.71 bits per heavy atom. The second-order valence-corrected chi connectivity index (χ2v) is 11.4. The van der Waals surface area contributed by atoms with E-state index in [1.54, 1.807) is 49.6 Å². The summed E-state index contributed by atoms with van der Waals surface area (Å²) in [5.41, 5.74) is 4.91. The Morgan fingerprint density at radius 3 is 2.47 bits per heavy atom. The van der Waals surface area contributed by atoms with E-state index >= 15 is 0 Å². The minimum atomic E-state index is -0.479. The van der Waals surface area contributed by atoms with Gasteiger partial charge >= 0.3 is 6.03 Å². The number of aromatic amines is 1. The largest absolute Gasteiger partial charge is 0.497 e. The van der Waals surface area contributed by atoms with Gasteiger partial charge in [0.25, 0.3) is 5.91 Å². The van der Waals surface area contributed by atoms with Gasteiger partial charge in [-0.25, -0.2) is 4.79 Å². The number of rotatable bonds is 9. The van der Waals surface area contributed by atoms with Crippen molar-refractivity contribution in [1.29, 1.82) is 0 Å². The van der Waals surface area contributed by atoms with Gasteiger partial charge in [-0.2, -0.15) is 0 Å². The Hall–Kier alpha value is -5.09. The first-order chi connectivity index (χ1) is 21.9. The first-order valence-corrected chi connectivity index (χ1v) is 15.3. The fourth-order valence-electron chi connectivity index (χ4n) is 6.01. The summed E-state index contributed by atoms with van der Waals surface area (Å²) in [5, 5.41) is 12.3. The summed E-state index contributed by atoms with van der Waals surface area (Å²) < 4.78 is 11.6. The highest BCUT2D eigenvalue weighted by molar-refractivity contribution is 6.16. The van der Waals surface area contributed by atoms with Gasteiger partial charge in [0.1, 0.15) is 11.5 Å². The van der Waals surface area contributed by atoms with E-state index in [4.69, 9.17) is 9.47 Å². The summed E-state index contributed by atoms with van der Waals surface area (Å²) in [6.07, 6.45) is 7.65. The van der Waals surface area contributed by atoms with Crippen LogP contribution < -0.4 is 30.7 Å². The highest BCUT2D eigenvalue weighted by atomic mass is 16.5. The molecule has 10 heteroatoms. The van der Waals surface area contributed by atoms with Crippen molar-refractivity contribution in [2.45, 2.75) is 38.0 Å². The normalized spacial score (nSPS) is 15.5. The number of Topliss-reactive ketones (excluding diaryl/α,β-unsaturated/α-hetero) is 1. The lowest BCUT2D eigenvalue weighted by Gasteiger charge is -2.21. The number of anilines is 2. The van der Waals surface area contributed by atoms with E-state index in [1.165, 1.54) is 19.3 Å². The maximum Gasteiger partial charge on any atom is 0.323 e. The second kappa shape index (κ2) is 13.3. The zero-order valence-electron chi connectivity index (χ0n) is 25.4. The number of nitrogens with one attached hydrogen (secondary N) is 5. The maximum atomic E-state index is 13.6. The Labute approximate surface area is 261 Å². The minimum absolute atomic E-state index is 0.186. The SMILES string of the molecule is CNCCNC(=O)c1ccc(NC(=O)Nc2ccc3c(c2)C(=O)C(=Cc2c(C4CCCCC4)[nH]c4ccc(OC)cc24)O3)cc1. The van der Waals surface area contributed by atoms with Crippen molar-refractivity contribution in [3.63, 3.8) is 0 Å². The fourth-order valence-corrected chi connectivity index (χ4v) is 6.01. The molecule has 3 amide bonds. The Balaban J connectivity index is 1.17. The third kappa shape index (κ3) is 6.56. The minimum Gasteiger partial charge on any atom is -0.497 e. The number of amides is 3. The summed E-state index contributed by atoms with van der Waals surface area (Å²) in [6, 6.07) is 17.1. The number of carbonyl (C=O) groups is 3. The second-order valence-electron chi connectivity index (χ2n) is 11.4. The predicted octanol–water partition coefficient (Wildman–Crippen LogP) is 6.43. The summed E-state index contributed by atoms with van der Waals surface area (Å²) >= 11 is 0. The summed E-state index contributed by atoms with van der Waals surface area (Å²) in [6.45, 7) is 1.19. The van der Waals surface area contributed by atoms with Crippen molar-refractivity contribution in [2.24, 2.45) is 0 Å². The van der Waals surface area contributed by atoms with Crippen LogP contribution in [0.5, 0.6) is 11.5 Å². The van der Waals surface area contributed by atoms with E-state index in [1.807, 2.05) is 31.3 Å². The molecule has 4 aromatic rings. The van der Waals surface area contributed by atoms with Gasteiger partial charge in [-0.1, -0.05) is 19.3 Å². The van der Waals surface area contributed by atoms with Crippen LogP contribution >= 0.6 is 0 Å². The zero-order chi connectivity index (χ0) is 31.3. The van der Waals surface area contributed by atoms with E-state index in [2.05, 4.69) is 26.3 Å². The van der Waals surface area contributed by atoms with Gasteiger partial charge in [-0.05, 0) is 92.5 Å². The standard InChI is InChI=1S/C35H37N5O5/c1-36-16-17-37-34(42)22-8-10-23(11-9-22)38-35(43)39-24-12-15-30-28(18-24)33(41)31(45-30)20-27-26-19-25(44-2)13-14-29(26)40-32(27)21-6-4-3-5-7-21/h8-15,18-21,36,40H,3-7,16-17H2,1-2H3,(H,37,42)(H2,38,39,43). The number of allylic oxidation sites excluding steroid dienone is 1. The number of carbonyl (C=O) groups excluding carboxylic acids is 3. The topological polar surface area (TPSA) is 134 Å². The molecule has 10 nitrogen and oxygen atoms in total. The van der Waals surface area contributed by atoms with E-state index in [-0.39, 0.29) is 17.4 Å². The molecule has 0 unspecified atom stereocenters. The van der Waals surface area contributed by atoms with Crippen molar-refractivity contribution in [3.8, 4) is 11.5 Å². The molecule has 232 valence electrons. The highest BCUT2D eigenvalue weighted by Crippen LogP contribution is 2.40. The molecule has 1 aromatic heterocycles. The lowest BCUT2D eigenvalue weighted by Crippen LogP contribution is -2.30. The van der Waals surface area contributed by atoms with Crippen LogP contribution in [0.15, 0.2) is 66.4 Å². The molecule has 6 rings (SSSR count). The number of likely N-dealkylation sites (N-methyl/N-ethyl adjacent to an activating group) is 1. The lowest BCUT2D eigenvalue weighted by atomic mass is 9.85. The van der Waals surface area contributed by atoms with Gasteiger partial charge in [0.05, 0.1) is 12.7 Å². The average Bonchev–Trinajstić information content (AvgIpc) is 3.58. The number of urea groups is 1.